The van der Waals surface area contributed by atoms with Gasteiger partial charge in [0.15, 0.2) is 0 Å². The molecule has 0 saturated carbocycles. The van der Waals surface area contributed by atoms with Gasteiger partial charge in [-0.1, -0.05) is 97.1 Å². The monoisotopic (exact) mass is 651 g/mol. The van der Waals surface area contributed by atoms with E-state index in [0.717, 1.165) is 59.0 Å². The number of rotatable bonds is 10. The molecule has 0 aliphatic carbocycles. The number of benzene rings is 4. The average Bonchev–Trinajstić information content (AvgIpc) is 3.15. The van der Waals surface area contributed by atoms with E-state index in [2.05, 4.69) is 64.1 Å². The Kier molecular flexibility index (Phi) is 9.75. The number of aromatic nitrogens is 1. The first-order valence-electron chi connectivity index (χ1n) is 17.1. The standard InChI is InChI=1S/C41H41N5O3/c47-39-38(28-45(26-30-18-21-42-22-19-30)40(48)36-11-6-20-43-25-36)46(27-29-12-15-34(16-13-29)32-7-2-1-3-8-32)41(49)37(44-39)24-31-14-17-33-9-4-5-10-35(33)23-31/h1-17,20,23,25,30,37-38,42H,18-19,21-22,24,26-28H2,(H,44,47)/t37-,38-/m0/s1. The van der Waals surface area contributed by atoms with Gasteiger partial charge in [-0.3, -0.25) is 19.4 Å². The Hall–Kier alpha value is -5.34. The molecule has 49 heavy (non-hydrogen) atoms. The summed E-state index contributed by atoms with van der Waals surface area (Å²) in [4.78, 5) is 50.2. The molecule has 248 valence electrons. The van der Waals surface area contributed by atoms with Gasteiger partial charge in [0.2, 0.25) is 11.8 Å². The summed E-state index contributed by atoms with van der Waals surface area (Å²) in [5.74, 6) is -0.290. The van der Waals surface area contributed by atoms with Crippen LogP contribution in [0.15, 0.2) is 122 Å². The molecule has 2 aliphatic rings. The highest BCUT2D eigenvalue weighted by molar-refractivity contribution is 5.99. The topological polar surface area (TPSA) is 94.6 Å². The fraction of sp³-hybridized carbons (Fsp3) is 0.268. The van der Waals surface area contributed by atoms with Crippen LogP contribution >= 0.6 is 0 Å². The summed E-state index contributed by atoms with van der Waals surface area (Å²) < 4.78 is 0. The summed E-state index contributed by atoms with van der Waals surface area (Å²) in [7, 11) is 0. The number of fused-ring (bicyclic) bond motifs is 1. The first-order chi connectivity index (χ1) is 24.0. The van der Waals surface area contributed by atoms with Crippen LogP contribution in [0.4, 0.5) is 0 Å². The Labute approximate surface area is 287 Å². The van der Waals surface area contributed by atoms with Crippen molar-refractivity contribution in [3.05, 3.63) is 138 Å². The van der Waals surface area contributed by atoms with Gasteiger partial charge in [0.1, 0.15) is 12.1 Å². The van der Waals surface area contributed by atoms with Crippen LogP contribution in [0.5, 0.6) is 0 Å². The third kappa shape index (κ3) is 7.55. The molecular formula is C41H41N5O3. The number of amides is 3. The smallest absolute Gasteiger partial charge is 0.255 e. The molecule has 3 amide bonds. The predicted molar refractivity (Wildman–Crippen MR) is 192 cm³/mol. The van der Waals surface area contributed by atoms with Crippen LogP contribution in [0, 0.1) is 5.92 Å². The normalized spacial score (nSPS) is 18.3. The van der Waals surface area contributed by atoms with Crippen molar-refractivity contribution in [1.29, 1.82) is 0 Å². The lowest BCUT2D eigenvalue weighted by molar-refractivity contribution is -0.150. The minimum Gasteiger partial charge on any atom is -0.342 e. The quantitative estimate of drug-likeness (QED) is 0.209. The average molecular weight is 652 g/mol. The molecule has 2 saturated heterocycles. The number of piperazine rings is 1. The second-order valence-electron chi connectivity index (χ2n) is 13.1. The van der Waals surface area contributed by atoms with Crippen LogP contribution in [0.2, 0.25) is 0 Å². The van der Waals surface area contributed by atoms with Gasteiger partial charge in [-0.05, 0) is 77.0 Å². The Morgan fingerprint density at radius 1 is 0.776 bits per heavy atom. The summed E-state index contributed by atoms with van der Waals surface area (Å²) in [6.45, 7) is 2.64. The lowest BCUT2D eigenvalue weighted by atomic mass is 9.95. The Morgan fingerprint density at radius 2 is 1.49 bits per heavy atom. The zero-order chi connectivity index (χ0) is 33.6. The molecule has 0 unspecified atom stereocenters. The van der Waals surface area contributed by atoms with Crippen molar-refractivity contribution in [1.82, 2.24) is 25.4 Å². The molecule has 7 rings (SSSR count). The number of hydrogen-bond donors (Lipinski definition) is 2. The highest BCUT2D eigenvalue weighted by atomic mass is 16.2. The molecule has 2 aliphatic heterocycles. The van der Waals surface area contributed by atoms with Crippen LogP contribution in [0.25, 0.3) is 21.9 Å². The molecule has 5 aromatic rings. The van der Waals surface area contributed by atoms with Crippen molar-refractivity contribution in [3.63, 3.8) is 0 Å². The third-order valence-corrected chi connectivity index (χ3v) is 9.77. The van der Waals surface area contributed by atoms with Crippen LogP contribution < -0.4 is 10.6 Å². The first-order valence-corrected chi connectivity index (χ1v) is 17.1. The Morgan fingerprint density at radius 3 is 2.24 bits per heavy atom. The fourth-order valence-corrected chi connectivity index (χ4v) is 7.06. The molecule has 8 nitrogen and oxygen atoms in total. The molecular weight excluding hydrogens is 610 g/mol. The molecule has 0 radical (unpaired) electrons. The highest BCUT2D eigenvalue weighted by Crippen LogP contribution is 2.25. The van der Waals surface area contributed by atoms with E-state index in [-0.39, 0.29) is 30.8 Å². The number of nitrogens with zero attached hydrogens (tertiary/aromatic N) is 3. The number of hydrogen-bond acceptors (Lipinski definition) is 5. The molecule has 8 heteroatoms. The van der Waals surface area contributed by atoms with Crippen LogP contribution in [-0.4, -0.2) is 70.8 Å². The van der Waals surface area contributed by atoms with Gasteiger partial charge in [-0.15, -0.1) is 0 Å². The largest absolute Gasteiger partial charge is 0.342 e. The van der Waals surface area contributed by atoms with Gasteiger partial charge in [-0.2, -0.15) is 0 Å². The molecule has 0 spiro atoms. The van der Waals surface area contributed by atoms with Gasteiger partial charge >= 0.3 is 0 Å². The maximum absolute atomic E-state index is 14.4. The van der Waals surface area contributed by atoms with E-state index in [1.165, 1.54) is 0 Å². The van der Waals surface area contributed by atoms with E-state index >= 15 is 0 Å². The van der Waals surface area contributed by atoms with Gasteiger partial charge in [-0.25, -0.2) is 0 Å². The van der Waals surface area contributed by atoms with Gasteiger partial charge < -0.3 is 20.4 Å². The first kappa shape index (κ1) is 32.2. The van der Waals surface area contributed by atoms with E-state index in [0.29, 0.717) is 24.4 Å². The van der Waals surface area contributed by atoms with E-state index in [1.54, 1.807) is 34.3 Å². The minimum absolute atomic E-state index is 0.0972. The lowest BCUT2D eigenvalue weighted by Crippen LogP contribution is -2.66. The second kappa shape index (κ2) is 14.8. The number of carbonyl (C=O) groups is 3. The maximum Gasteiger partial charge on any atom is 0.255 e. The lowest BCUT2D eigenvalue weighted by Gasteiger charge is -2.42. The SMILES string of the molecule is O=C1N[C@@H](Cc2ccc3ccccc3c2)C(=O)N(Cc2ccc(-c3ccccc3)cc2)[C@H]1CN(CC1CCNCC1)C(=O)c1cccnc1. The predicted octanol–water partition coefficient (Wildman–Crippen LogP) is 5.48. The van der Waals surface area contributed by atoms with Crippen molar-refractivity contribution in [2.45, 2.75) is 37.9 Å². The summed E-state index contributed by atoms with van der Waals surface area (Å²) in [6.07, 6.45) is 5.46. The van der Waals surface area contributed by atoms with Gasteiger partial charge in [0, 0.05) is 31.9 Å². The van der Waals surface area contributed by atoms with Gasteiger partial charge in [0.25, 0.3) is 5.91 Å². The highest BCUT2D eigenvalue weighted by Gasteiger charge is 2.42. The third-order valence-electron chi connectivity index (χ3n) is 9.77. The second-order valence-corrected chi connectivity index (χ2v) is 13.1. The van der Waals surface area contributed by atoms with Crippen LogP contribution in [0.3, 0.4) is 0 Å². The Bertz CT molecular complexity index is 1910. The minimum atomic E-state index is -0.850. The van der Waals surface area contributed by atoms with Crippen molar-refractivity contribution in [2.24, 2.45) is 5.92 Å². The number of pyridine rings is 1. The maximum atomic E-state index is 14.4. The summed E-state index contributed by atoms with van der Waals surface area (Å²) in [5, 5.41) is 8.66. The van der Waals surface area contributed by atoms with E-state index in [1.807, 2.05) is 48.5 Å². The zero-order valence-electron chi connectivity index (χ0n) is 27.5. The summed E-state index contributed by atoms with van der Waals surface area (Å²) in [5.41, 5.74) is 4.55. The zero-order valence-corrected chi connectivity index (χ0v) is 27.5. The Balaban J connectivity index is 1.18. The summed E-state index contributed by atoms with van der Waals surface area (Å²) in [6, 6.07) is 34.5. The van der Waals surface area contributed by atoms with E-state index in [4.69, 9.17) is 0 Å². The summed E-state index contributed by atoms with van der Waals surface area (Å²) >= 11 is 0. The van der Waals surface area contributed by atoms with Crippen molar-refractivity contribution >= 4 is 28.5 Å². The molecule has 2 atom stereocenters. The molecule has 2 N–H and O–H groups in total. The van der Waals surface area contributed by atoms with Crippen molar-refractivity contribution < 1.29 is 14.4 Å². The van der Waals surface area contributed by atoms with Crippen LogP contribution in [-0.2, 0) is 22.6 Å². The van der Waals surface area contributed by atoms with E-state index < -0.39 is 12.1 Å². The number of piperidine rings is 1. The molecule has 1 aromatic heterocycles. The van der Waals surface area contributed by atoms with Crippen LogP contribution in [0.1, 0.15) is 34.3 Å². The number of carbonyl (C=O) groups excluding carboxylic acids is 3. The molecule has 2 fully saturated rings. The van der Waals surface area contributed by atoms with Gasteiger partial charge in [0.05, 0.1) is 12.1 Å². The number of nitrogens with one attached hydrogen (secondary N) is 2. The van der Waals surface area contributed by atoms with Crippen molar-refractivity contribution in [2.75, 3.05) is 26.2 Å². The van der Waals surface area contributed by atoms with Crippen molar-refractivity contribution in [3.8, 4) is 11.1 Å². The van der Waals surface area contributed by atoms with E-state index in [9.17, 15) is 14.4 Å². The molecule has 0 bridgehead atoms. The molecule has 4 aromatic carbocycles. The fourth-order valence-electron chi connectivity index (χ4n) is 7.06. The molecule has 3 heterocycles.